The van der Waals surface area contributed by atoms with Gasteiger partial charge in [-0.3, -0.25) is 9.59 Å². The van der Waals surface area contributed by atoms with Gasteiger partial charge in [-0.15, -0.1) is 0 Å². The maximum Gasteiger partial charge on any atom is 0.305 e. The number of carbonyl (C=O) groups excluding carboxylic acids is 2. The molecule has 1 amide bonds. The molecule has 0 aliphatic carbocycles. The van der Waals surface area contributed by atoms with Gasteiger partial charge in [0.2, 0.25) is 5.91 Å². The van der Waals surface area contributed by atoms with E-state index < -0.39 is 0 Å². The number of hydrogen-bond donors (Lipinski definition) is 1. The predicted octanol–water partition coefficient (Wildman–Crippen LogP) is 1.59. The SMILES string of the molecule is COC(=O)CCCCCNC(=O)CCSC. The summed E-state index contributed by atoms with van der Waals surface area (Å²) >= 11 is 1.67. The van der Waals surface area contributed by atoms with Gasteiger partial charge in [-0.2, -0.15) is 11.8 Å². The second-order valence-electron chi connectivity index (χ2n) is 3.48. The maximum absolute atomic E-state index is 11.2. The van der Waals surface area contributed by atoms with E-state index in [1.54, 1.807) is 11.8 Å². The van der Waals surface area contributed by atoms with Crippen LogP contribution >= 0.6 is 11.8 Å². The molecule has 0 rings (SSSR count). The third-order valence-corrected chi connectivity index (χ3v) is 2.75. The fourth-order valence-electron chi connectivity index (χ4n) is 1.18. The van der Waals surface area contributed by atoms with Crippen molar-refractivity contribution in [1.29, 1.82) is 0 Å². The van der Waals surface area contributed by atoms with Crippen molar-refractivity contribution in [3.05, 3.63) is 0 Å². The van der Waals surface area contributed by atoms with Crippen LogP contribution < -0.4 is 5.32 Å². The zero-order valence-corrected chi connectivity index (χ0v) is 10.9. The summed E-state index contributed by atoms with van der Waals surface area (Å²) in [5.74, 6) is 0.820. The summed E-state index contributed by atoms with van der Waals surface area (Å²) in [7, 11) is 1.40. The Labute approximate surface area is 101 Å². The lowest BCUT2D eigenvalue weighted by Crippen LogP contribution is -2.24. The average molecular weight is 247 g/mol. The molecule has 5 heteroatoms. The van der Waals surface area contributed by atoms with Crippen molar-refractivity contribution in [3.8, 4) is 0 Å². The van der Waals surface area contributed by atoms with Crippen molar-refractivity contribution in [2.24, 2.45) is 0 Å². The van der Waals surface area contributed by atoms with Crippen LogP contribution in [-0.4, -0.2) is 37.5 Å². The van der Waals surface area contributed by atoms with Crippen molar-refractivity contribution in [1.82, 2.24) is 5.32 Å². The quantitative estimate of drug-likeness (QED) is 0.496. The molecule has 0 aliphatic rings. The fourth-order valence-corrected chi connectivity index (χ4v) is 1.57. The first-order valence-electron chi connectivity index (χ1n) is 5.53. The summed E-state index contributed by atoms with van der Waals surface area (Å²) in [6.45, 7) is 0.703. The van der Waals surface area contributed by atoms with Crippen molar-refractivity contribution in [2.75, 3.05) is 25.7 Å². The number of thioether (sulfide) groups is 1. The molecule has 4 nitrogen and oxygen atoms in total. The Morgan fingerprint density at radius 2 is 1.94 bits per heavy atom. The molecule has 0 atom stereocenters. The van der Waals surface area contributed by atoms with Gasteiger partial charge in [-0.1, -0.05) is 6.42 Å². The second-order valence-corrected chi connectivity index (χ2v) is 4.47. The first kappa shape index (κ1) is 15.3. The van der Waals surface area contributed by atoms with E-state index in [1.165, 1.54) is 7.11 Å². The maximum atomic E-state index is 11.2. The molecule has 0 aromatic rings. The molecule has 94 valence electrons. The third kappa shape index (κ3) is 9.83. The highest BCUT2D eigenvalue weighted by molar-refractivity contribution is 7.98. The number of ether oxygens (including phenoxy) is 1. The Balaban J connectivity index is 3.20. The van der Waals surface area contributed by atoms with E-state index in [1.807, 2.05) is 6.26 Å². The van der Waals surface area contributed by atoms with Crippen LogP contribution in [0, 0.1) is 0 Å². The number of unbranched alkanes of at least 4 members (excludes halogenated alkanes) is 2. The summed E-state index contributed by atoms with van der Waals surface area (Å²) < 4.78 is 4.53. The second kappa shape index (κ2) is 10.8. The monoisotopic (exact) mass is 247 g/mol. The summed E-state index contributed by atoms with van der Waals surface area (Å²) in [5, 5.41) is 2.85. The predicted molar refractivity (Wildman–Crippen MR) is 66.5 cm³/mol. The lowest BCUT2D eigenvalue weighted by Gasteiger charge is -2.04. The molecule has 0 saturated heterocycles. The van der Waals surface area contributed by atoms with E-state index in [2.05, 4.69) is 10.1 Å². The standard InChI is InChI=1S/C11H21NO3S/c1-15-11(14)6-4-3-5-8-12-10(13)7-9-16-2/h3-9H2,1-2H3,(H,12,13). The van der Waals surface area contributed by atoms with Crippen LogP contribution in [0.2, 0.25) is 0 Å². The molecule has 16 heavy (non-hydrogen) atoms. The normalized spacial score (nSPS) is 9.88. The van der Waals surface area contributed by atoms with Gasteiger partial charge < -0.3 is 10.1 Å². The Hall–Kier alpha value is -0.710. The summed E-state index contributed by atoms with van der Waals surface area (Å²) in [6, 6.07) is 0. The number of carbonyl (C=O) groups is 2. The molecule has 1 N–H and O–H groups in total. The van der Waals surface area contributed by atoms with Gasteiger partial charge in [0, 0.05) is 25.1 Å². The first-order chi connectivity index (χ1) is 7.70. The number of methoxy groups -OCH3 is 1. The molecule has 0 aromatic heterocycles. The van der Waals surface area contributed by atoms with E-state index in [9.17, 15) is 9.59 Å². The highest BCUT2D eigenvalue weighted by atomic mass is 32.2. The van der Waals surface area contributed by atoms with Gasteiger partial charge >= 0.3 is 5.97 Å². The molecule has 0 heterocycles. The molecule has 0 spiro atoms. The van der Waals surface area contributed by atoms with Gasteiger partial charge in [0.1, 0.15) is 0 Å². The van der Waals surface area contributed by atoms with Crippen LogP contribution in [0.1, 0.15) is 32.1 Å². The number of amides is 1. The number of hydrogen-bond acceptors (Lipinski definition) is 4. The lowest BCUT2D eigenvalue weighted by atomic mass is 10.2. The topological polar surface area (TPSA) is 55.4 Å². The molecule has 0 unspecified atom stereocenters. The van der Waals surface area contributed by atoms with Gasteiger partial charge in [0.05, 0.1) is 7.11 Å². The molecule has 0 radical (unpaired) electrons. The highest BCUT2D eigenvalue weighted by Crippen LogP contribution is 2.00. The highest BCUT2D eigenvalue weighted by Gasteiger charge is 2.01. The largest absolute Gasteiger partial charge is 0.469 e. The molecule has 0 saturated carbocycles. The zero-order chi connectivity index (χ0) is 12.2. The van der Waals surface area contributed by atoms with Crippen LogP contribution in [0.15, 0.2) is 0 Å². The van der Waals surface area contributed by atoms with Crippen LogP contribution in [-0.2, 0) is 14.3 Å². The van der Waals surface area contributed by atoms with Gasteiger partial charge in [-0.05, 0) is 19.1 Å². The smallest absolute Gasteiger partial charge is 0.305 e. The fraction of sp³-hybridized carbons (Fsp3) is 0.818. The average Bonchev–Trinajstić information content (AvgIpc) is 2.30. The minimum absolute atomic E-state index is 0.113. The van der Waals surface area contributed by atoms with E-state index in [0.717, 1.165) is 25.0 Å². The van der Waals surface area contributed by atoms with Crippen molar-refractivity contribution >= 4 is 23.6 Å². The van der Waals surface area contributed by atoms with Crippen LogP contribution in [0.4, 0.5) is 0 Å². The third-order valence-electron chi connectivity index (χ3n) is 2.14. The minimum atomic E-state index is -0.163. The first-order valence-corrected chi connectivity index (χ1v) is 6.92. The van der Waals surface area contributed by atoms with Crippen molar-refractivity contribution in [2.45, 2.75) is 32.1 Å². The van der Waals surface area contributed by atoms with E-state index >= 15 is 0 Å². The molecule has 0 fully saturated rings. The summed E-state index contributed by atoms with van der Waals surface area (Å²) in [5.41, 5.74) is 0. The minimum Gasteiger partial charge on any atom is -0.469 e. The Morgan fingerprint density at radius 3 is 2.56 bits per heavy atom. The van der Waals surface area contributed by atoms with E-state index in [4.69, 9.17) is 0 Å². The number of nitrogens with one attached hydrogen (secondary N) is 1. The van der Waals surface area contributed by atoms with Crippen LogP contribution in [0.5, 0.6) is 0 Å². The zero-order valence-electron chi connectivity index (χ0n) is 10.1. The molecular formula is C11H21NO3S. The van der Waals surface area contributed by atoms with E-state index in [-0.39, 0.29) is 11.9 Å². The lowest BCUT2D eigenvalue weighted by molar-refractivity contribution is -0.140. The molecule has 0 aliphatic heterocycles. The Bertz CT molecular complexity index is 209. The number of esters is 1. The molecular weight excluding hydrogens is 226 g/mol. The summed E-state index contributed by atoms with van der Waals surface area (Å²) in [6.07, 6.45) is 5.73. The number of rotatable bonds is 9. The van der Waals surface area contributed by atoms with Crippen molar-refractivity contribution < 1.29 is 14.3 Å². The Morgan fingerprint density at radius 1 is 1.19 bits per heavy atom. The van der Waals surface area contributed by atoms with Crippen molar-refractivity contribution in [3.63, 3.8) is 0 Å². The Kier molecular flexibility index (Phi) is 10.3. The van der Waals surface area contributed by atoms with Gasteiger partial charge in [0.15, 0.2) is 0 Å². The van der Waals surface area contributed by atoms with Crippen LogP contribution in [0.3, 0.4) is 0 Å². The molecule has 0 bridgehead atoms. The summed E-state index contributed by atoms with van der Waals surface area (Å²) in [4.78, 5) is 22.0. The van der Waals surface area contributed by atoms with E-state index in [0.29, 0.717) is 19.4 Å². The van der Waals surface area contributed by atoms with Gasteiger partial charge in [-0.25, -0.2) is 0 Å². The van der Waals surface area contributed by atoms with Crippen LogP contribution in [0.25, 0.3) is 0 Å². The molecule has 0 aromatic carbocycles. The van der Waals surface area contributed by atoms with Gasteiger partial charge in [0.25, 0.3) is 0 Å².